The number of hydrogen-bond acceptors (Lipinski definition) is 12. The van der Waals surface area contributed by atoms with Crippen molar-refractivity contribution in [3.05, 3.63) is 88.7 Å². The van der Waals surface area contributed by atoms with Gasteiger partial charge in [-0.15, -0.1) is 0 Å². The maximum absolute atomic E-state index is 15.9. The highest BCUT2D eigenvalue weighted by Gasteiger charge is 2.68. The Morgan fingerprint density at radius 1 is 0.859 bits per heavy atom. The molecule has 1 aliphatic carbocycles. The van der Waals surface area contributed by atoms with Crippen LogP contribution in [0.25, 0.3) is 10.9 Å². The normalized spacial score (nSPS) is 23.6. The van der Waals surface area contributed by atoms with E-state index in [4.69, 9.17) is 10.5 Å². The molecule has 2 aromatic heterocycles. The Labute approximate surface area is 368 Å². The summed E-state index contributed by atoms with van der Waals surface area (Å²) in [5.41, 5.74) is 4.73. The van der Waals surface area contributed by atoms with Gasteiger partial charge in [0.2, 0.25) is 11.8 Å². The van der Waals surface area contributed by atoms with Crippen molar-refractivity contribution in [1.29, 1.82) is 5.26 Å². The van der Waals surface area contributed by atoms with Crippen LogP contribution in [-0.2, 0) is 9.59 Å². The summed E-state index contributed by atoms with van der Waals surface area (Å²) < 4.78 is 37.3. The number of halogens is 2. The van der Waals surface area contributed by atoms with E-state index in [-0.39, 0.29) is 41.0 Å². The van der Waals surface area contributed by atoms with Crippen molar-refractivity contribution >= 4 is 51.9 Å². The molecule has 17 heteroatoms. The second-order valence-electron chi connectivity index (χ2n) is 18.8. The van der Waals surface area contributed by atoms with E-state index in [1.54, 1.807) is 24.4 Å². The number of nitrogens with two attached hydrogens (primary N) is 1. The van der Waals surface area contributed by atoms with E-state index < -0.39 is 70.2 Å². The van der Waals surface area contributed by atoms with Gasteiger partial charge in [-0.1, -0.05) is 27.7 Å². The summed E-state index contributed by atoms with van der Waals surface area (Å²) in [6.45, 7) is 11.9. The van der Waals surface area contributed by atoms with Gasteiger partial charge < -0.3 is 20.3 Å². The number of nitrogens with zero attached hydrogens (tertiary/aromatic N) is 8. The van der Waals surface area contributed by atoms with E-state index in [1.807, 2.05) is 43.6 Å². The molecule has 1 atom stereocenters. The van der Waals surface area contributed by atoms with Crippen molar-refractivity contribution in [2.75, 3.05) is 55.6 Å². The zero-order valence-electron chi connectivity index (χ0n) is 36.1. The zero-order chi connectivity index (χ0) is 45.4. The van der Waals surface area contributed by atoms with E-state index >= 15 is 4.39 Å². The monoisotopic (exact) mass is 873 g/mol. The number of rotatable bonds is 9. The van der Waals surface area contributed by atoms with Crippen LogP contribution in [0.2, 0.25) is 0 Å². The number of piperidine rings is 2. The summed E-state index contributed by atoms with van der Waals surface area (Å²) >= 11 is 0. The van der Waals surface area contributed by atoms with Crippen molar-refractivity contribution in [2.45, 2.75) is 71.6 Å². The number of aromatic nitrogens is 2. The number of imide groups is 2. The molecule has 6 heterocycles. The van der Waals surface area contributed by atoms with Crippen molar-refractivity contribution in [2.24, 2.45) is 22.5 Å². The second-order valence-corrected chi connectivity index (χ2v) is 18.8. The van der Waals surface area contributed by atoms with Gasteiger partial charge in [0.05, 0.1) is 39.5 Å². The number of amides is 5. The molecule has 4 aliphatic heterocycles. The molecular formula is C47H49F2N9O6. The third kappa shape index (κ3) is 6.98. The summed E-state index contributed by atoms with van der Waals surface area (Å²) in [6.07, 6.45) is 3.92. The number of hydrogen-bond donors (Lipinski definition) is 1. The highest BCUT2D eigenvalue weighted by molar-refractivity contribution is 6.24. The van der Waals surface area contributed by atoms with Crippen LogP contribution in [0.5, 0.6) is 5.75 Å². The molecule has 9 rings (SSSR count). The number of carbonyl (C=O) groups excluding carboxylic acids is 5. The maximum atomic E-state index is 15.9. The third-order valence-electron chi connectivity index (χ3n) is 14.1. The standard InChI is InChI=1S/C47H49F2N9O6/c1-46(2)44(47(3,4)45(46)64-36-9-7-27(23-50)38-29(36)6-5-13-52-38)58-37(59)10-8-34(43(58)63)57-41(61)30-21-32(48)35(22-31(30)42(57)62)55-18-16-54(17-19-55)25-26-11-14-56(15-12-26)40-33(49)20-28(24-53-40)39(51)60/h5-7,9,13,20-22,24,26,34,44-45H,8,10-12,14-19,25H2,1-4H3,(H2,51,60). The number of likely N-dealkylation sites (tertiary alicyclic amines) is 1. The van der Waals surface area contributed by atoms with Crippen LogP contribution < -0.4 is 20.3 Å². The van der Waals surface area contributed by atoms with E-state index in [1.165, 1.54) is 17.2 Å². The lowest BCUT2D eigenvalue weighted by Gasteiger charge is -2.66. The van der Waals surface area contributed by atoms with Crippen LogP contribution in [0.4, 0.5) is 20.3 Å². The van der Waals surface area contributed by atoms with Gasteiger partial charge in [-0.25, -0.2) is 13.8 Å². The Bertz CT molecular complexity index is 2650. The average molecular weight is 874 g/mol. The minimum atomic E-state index is -1.26. The summed E-state index contributed by atoms with van der Waals surface area (Å²) in [7, 11) is 0. The lowest BCUT2D eigenvalue weighted by Crippen LogP contribution is -2.77. The molecule has 4 fully saturated rings. The molecule has 0 radical (unpaired) electrons. The molecule has 64 heavy (non-hydrogen) atoms. The van der Waals surface area contributed by atoms with Crippen LogP contribution in [0.1, 0.15) is 90.0 Å². The van der Waals surface area contributed by atoms with Gasteiger partial charge in [-0.3, -0.25) is 43.7 Å². The van der Waals surface area contributed by atoms with E-state index in [0.717, 1.165) is 36.4 Å². The van der Waals surface area contributed by atoms with Crippen LogP contribution in [0, 0.1) is 39.7 Å². The first-order valence-electron chi connectivity index (χ1n) is 21.7. The summed E-state index contributed by atoms with van der Waals surface area (Å²) in [6, 6.07) is 10.8. The molecule has 5 amide bonds. The Hall–Kier alpha value is -6.54. The van der Waals surface area contributed by atoms with Crippen molar-refractivity contribution < 1.29 is 37.5 Å². The molecule has 1 saturated carbocycles. The van der Waals surface area contributed by atoms with Gasteiger partial charge in [-0.2, -0.15) is 5.26 Å². The number of ether oxygens (including phenoxy) is 1. The van der Waals surface area contributed by atoms with Crippen LogP contribution in [0.15, 0.2) is 54.9 Å². The lowest BCUT2D eigenvalue weighted by molar-refractivity contribution is -0.215. The highest BCUT2D eigenvalue weighted by atomic mass is 19.1. The minimum Gasteiger partial charge on any atom is -0.488 e. The predicted molar refractivity (Wildman–Crippen MR) is 230 cm³/mol. The smallest absolute Gasteiger partial charge is 0.262 e. The van der Waals surface area contributed by atoms with Gasteiger partial charge in [0.15, 0.2) is 11.6 Å². The van der Waals surface area contributed by atoms with Gasteiger partial charge in [0, 0.05) is 80.8 Å². The molecule has 0 bridgehead atoms. The molecular weight excluding hydrogens is 825 g/mol. The zero-order valence-corrected chi connectivity index (χ0v) is 36.1. The largest absolute Gasteiger partial charge is 0.488 e. The lowest BCUT2D eigenvalue weighted by atomic mass is 9.48. The molecule has 2 N–H and O–H groups in total. The van der Waals surface area contributed by atoms with Gasteiger partial charge in [0.1, 0.15) is 29.8 Å². The Kier molecular flexibility index (Phi) is 10.6. The number of primary amides is 1. The average Bonchev–Trinajstić information content (AvgIpc) is 3.51. The van der Waals surface area contributed by atoms with E-state index in [2.05, 4.69) is 20.9 Å². The van der Waals surface area contributed by atoms with Gasteiger partial charge >= 0.3 is 0 Å². The van der Waals surface area contributed by atoms with Crippen LogP contribution in [0.3, 0.4) is 0 Å². The fourth-order valence-electron chi connectivity index (χ4n) is 11.3. The van der Waals surface area contributed by atoms with Crippen LogP contribution >= 0.6 is 0 Å². The number of fused-ring (bicyclic) bond motifs is 2. The van der Waals surface area contributed by atoms with Gasteiger partial charge in [0.25, 0.3) is 17.7 Å². The number of anilines is 2. The fraction of sp³-hybridized carbons (Fsp3) is 0.447. The molecule has 2 aromatic carbocycles. The SMILES string of the molecule is CC1(C)C(Oc2ccc(C#N)c3ncccc23)C(C)(C)C1N1C(=O)CCC(N2C(=O)c3cc(F)c(N4CCN(CC5CCN(c6ncc(C(N)=O)cc6F)CC5)CC4)cc3C2=O)C1=O. The number of nitriles is 1. The Morgan fingerprint density at radius 3 is 2.20 bits per heavy atom. The summed E-state index contributed by atoms with van der Waals surface area (Å²) in [5, 5.41) is 10.3. The maximum Gasteiger partial charge on any atom is 0.262 e. The third-order valence-corrected chi connectivity index (χ3v) is 14.1. The number of carbonyl (C=O) groups is 5. The Morgan fingerprint density at radius 2 is 1.55 bits per heavy atom. The first-order valence-corrected chi connectivity index (χ1v) is 21.7. The van der Waals surface area contributed by atoms with E-state index in [0.29, 0.717) is 67.4 Å². The van der Waals surface area contributed by atoms with E-state index in [9.17, 15) is 33.6 Å². The topological polar surface area (TPSA) is 186 Å². The Balaban J connectivity index is 0.847. The summed E-state index contributed by atoms with van der Waals surface area (Å²) in [5.74, 6) is -3.43. The van der Waals surface area contributed by atoms with Crippen molar-refractivity contribution in [1.82, 2.24) is 24.7 Å². The highest BCUT2D eigenvalue weighted by Crippen LogP contribution is 2.59. The molecule has 332 valence electrons. The fourth-order valence-corrected chi connectivity index (χ4v) is 11.3. The molecule has 4 aromatic rings. The molecule has 5 aliphatic rings. The quantitative estimate of drug-likeness (QED) is 0.225. The first kappa shape index (κ1) is 42.7. The summed E-state index contributed by atoms with van der Waals surface area (Å²) in [4.78, 5) is 84.5. The predicted octanol–water partition coefficient (Wildman–Crippen LogP) is 4.91. The first-order chi connectivity index (χ1) is 30.5. The molecule has 3 saturated heterocycles. The van der Waals surface area contributed by atoms with Crippen molar-refractivity contribution in [3.8, 4) is 11.8 Å². The minimum absolute atomic E-state index is 0.0175. The van der Waals surface area contributed by atoms with Crippen LogP contribution in [-0.4, -0.2) is 118 Å². The molecule has 15 nitrogen and oxygen atoms in total. The number of benzene rings is 2. The number of pyridine rings is 2. The van der Waals surface area contributed by atoms with Gasteiger partial charge in [-0.05, 0) is 67.6 Å². The van der Waals surface area contributed by atoms with Crippen molar-refractivity contribution in [3.63, 3.8) is 0 Å². The molecule has 1 unspecified atom stereocenters. The number of piperazine rings is 1. The second kappa shape index (κ2) is 15.9. The molecule has 0 spiro atoms.